The van der Waals surface area contributed by atoms with Crippen LogP contribution in [0.1, 0.15) is 28.4 Å². The minimum absolute atomic E-state index is 0.157. The zero-order valence-corrected chi connectivity index (χ0v) is 11.5. The number of imide groups is 1. The number of nitrogens with zero attached hydrogens (tertiary/aromatic N) is 1. The number of carbonyl (C=O) groups is 3. The van der Waals surface area contributed by atoms with Crippen molar-refractivity contribution in [3.8, 4) is 0 Å². The first kappa shape index (κ1) is 13.7. The highest BCUT2D eigenvalue weighted by Gasteiger charge is 2.42. The second kappa shape index (κ2) is 5.10. The standard InChI is InChI=1S/C12H15N3O3S/c1-6-7(2)12(18)15(11(6)17)5-8-3-4-9(19-8)10(16)14-13/h3-4,6-7H,5,13H2,1-2H3,(H,14,16). The molecule has 0 spiro atoms. The second-order valence-electron chi connectivity index (χ2n) is 4.58. The van der Waals surface area contributed by atoms with Crippen molar-refractivity contribution in [2.75, 3.05) is 0 Å². The summed E-state index contributed by atoms with van der Waals surface area (Å²) in [4.78, 5) is 37.7. The van der Waals surface area contributed by atoms with Gasteiger partial charge in [0.15, 0.2) is 0 Å². The van der Waals surface area contributed by atoms with Gasteiger partial charge in [-0.25, -0.2) is 5.84 Å². The van der Waals surface area contributed by atoms with Crippen molar-refractivity contribution in [1.82, 2.24) is 10.3 Å². The maximum Gasteiger partial charge on any atom is 0.275 e. The van der Waals surface area contributed by atoms with E-state index in [1.807, 2.05) is 5.43 Å². The van der Waals surface area contributed by atoms with Crippen molar-refractivity contribution < 1.29 is 14.4 Å². The Labute approximate surface area is 114 Å². The molecule has 0 aliphatic carbocycles. The lowest BCUT2D eigenvalue weighted by atomic mass is 10.00. The van der Waals surface area contributed by atoms with Crippen LogP contribution in [0.4, 0.5) is 0 Å². The number of nitrogens with one attached hydrogen (secondary N) is 1. The van der Waals surface area contributed by atoms with Crippen LogP contribution in [0.3, 0.4) is 0 Å². The molecule has 2 unspecified atom stereocenters. The van der Waals surface area contributed by atoms with Crippen LogP contribution < -0.4 is 11.3 Å². The Balaban J connectivity index is 2.14. The maximum atomic E-state index is 11.9. The van der Waals surface area contributed by atoms with E-state index in [4.69, 9.17) is 5.84 Å². The molecule has 3 amide bonds. The van der Waals surface area contributed by atoms with Crippen molar-refractivity contribution in [2.45, 2.75) is 20.4 Å². The number of hydrogen-bond acceptors (Lipinski definition) is 5. The average molecular weight is 281 g/mol. The Morgan fingerprint density at radius 3 is 2.42 bits per heavy atom. The molecule has 0 radical (unpaired) electrons. The lowest BCUT2D eigenvalue weighted by Crippen LogP contribution is -2.30. The number of hydrogen-bond donors (Lipinski definition) is 2. The van der Waals surface area contributed by atoms with E-state index in [-0.39, 0.29) is 36.1 Å². The number of hydrazine groups is 1. The van der Waals surface area contributed by atoms with Crippen LogP contribution in [0, 0.1) is 11.8 Å². The SMILES string of the molecule is CC1C(=O)N(Cc2ccc(C(=O)NN)s2)C(=O)C1C. The number of nitrogen functional groups attached to an aromatic ring is 1. The molecule has 19 heavy (non-hydrogen) atoms. The maximum absolute atomic E-state index is 11.9. The van der Waals surface area contributed by atoms with Crippen molar-refractivity contribution in [3.05, 3.63) is 21.9 Å². The van der Waals surface area contributed by atoms with E-state index >= 15 is 0 Å². The number of likely N-dealkylation sites (tertiary alicyclic amines) is 1. The van der Waals surface area contributed by atoms with E-state index in [0.29, 0.717) is 4.88 Å². The lowest BCUT2D eigenvalue weighted by molar-refractivity contribution is -0.140. The summed E-state index contributed by atoms with van der Waals surface area (Å²) in [5.74, 6) is 3.80. The third kappa shape index (κ3) is 2.39. The minimum atomic E-state index is -0.378. The molecule has 6 nitrogen and oxygen atoms in total. The van der Waals surface area contributed by atoms with Gasteiger partial charge in [0.05, 0.1) is 11.4 Å². The Morgan fingerprint density at radius 1 is 1.32 bits per heavy atom. The van der Waals surface area contributed by atoms with Crippen LogP contribution in [-0.4, -0.2) is 22.6 Å². The van der Waals surface area contributed by atoms with Gasteiger partial charge in [-0.1, -0.05) is 13.8 Å². The summed E-state index contributed by atoms with van der Waals surface area (Å²) in [6, 6.07) is 3.35. The van der Waals surface area contributed by atoms with Gasteiger partial charge in [0.25, 0.3) is 5.91 Å². The molecule has 2 atom stereocenters. The molecule has 3 N–H and O–H groups in total. The van der Waals surface area contributed by atoms with Crippen LogP contribution in [-0.2, 0) is 16.1 Å². The van der Waals surface area contributed by atoms with Crippen molar-refractivity contribution in [3.63, 3.8) is 0 Å². The van der Waals surface area contributed by atoms with Crippen LogP contribution >= 0.6 is 11.3 Å². The normalized spacial score (nSPS) is 23.0. The summed E-state index contributed by atoms with van der Waals surface area (Å²) < 4.78 is 0. The third-order valence-electron chi connectivity index (χ3n) is 3.39. The Morgan fingerprint density at radius 2 is 1.89 bits per heavy atom. The topological polar surface area (TPSA) is 92.5 Å². The predicted octanol–water partition coefficient (Wildman–Crippen LogP) is 0.493. The van der Waals surface area contributed by atoms with Gasteiger partial charge in [-0.05, 0) is 12.1 Å². The first-order valence-electron chi connectivity index (χ1n) is 5.90. The second-order valence-corrected chi connectivity index (χ2v) is 5.75. The van der Waals surface area contributed by atoms with E-state index in [9.17, 15) is 14.4 Å². The molecule has 1 aliphatic heterocycles. The summed E-state index contributed by atoms with van der Waals surface area (Å²) in [5, 5.41) is 0. The summed E-state index contributed by atoms with van der Waals surface area (Å²) in [6.45, 7) is 3.73. The van der Waals surface area contributed by atoms with Gasteiger partial charge in [-0.3, -0.25) is 24.7 Å². The van der Waals surface area contributed by atoms with Crippen LogP contribution in [0.25, 0.3) is 0 Å². The van der Waals surface area contributed by atoms with Gasteiger partial charge in [-0.2, -0.15) is 0 Å². The molecular formula is C12H15N3O3S. The Kier molecular flexibility index (Phi) is 3.68. The first-order valence-corrected chi connectivity index (χ1v) is 6.72. The average Bonchev–Trinajstić information content (AvgIpc) is 2.94. The summed E-state index contributed by atoms with van der Waals surface area (Å²) >= 11 is 1.22. The summed E-state index contributed by atoms with van der Waals surface area (Å²) in [7, 11) is 0. The van der Waals surface area contributed by atoms with Gasteiger partial charge in [0.2, 0.25) is 11.8 Å². The van der Waals surface area contributed by atoms with Crippen LogP contribution in [0.15, 0.2) is 12.1 Å². The monoisotopic (exact) mass is 281 g/mol. The van der Waals surface area contributed by atoms with Gasteiger partial charge in [-0.15, -0.1) is 11.3 Å². The summed E-state index contributed by atoms with van der Waals surface area (Å²) in [5.41, 5.74) is 2.04. The number of carbonyl (C=O) groups excluding carboxylic acids is 3. The molecular weight excluding hydrogens is 266 g/mol. The highest BCUT2D eigenvalue weighted by molar-refractivity contribution is 7.14. The molecule has 0 aromatic carbocycles. The zero-order valence-electron chi connectivity index (χ0n) is 10.7. The molecule has 1 aromatic heterocycles. The zero-order chi connectivity index (χ0) is 14.2. The van der Waals surface area contributed by atoms with Crippen molar-refractivity contribution >= 4 is 29.1 Å². The molecule has 0 bridgehead atoms. The number of rotatable bonds is 3. The largest absolute Gasteiger partial charge is 0.289 e. The van der Waals surface area contributed by atoms with E-state index < -0.39 is 0 Å². The smallest absolute Gasteiger partial charge is 0.275 e. The van der Waals surface area contributed by atoms with E-state index in [2.05, 4.69) is 0 Å². The molecule has 1 fully saturated rings. The highest BCUT2D eigenvalue weighted by Crippen LogP contribution is 2.28. The Bertz CT molecular complexity index is 520. The lowest BCUT2D eigenvalue weighted by Gasteiger charge is -2.12. The summed E-state index contributed by atoms with van der Waals surface area (Å²) in [6.07, 6.45) is 0. The van der Waals surface area contributed by atoms with E-state index in [1.165, 1.54) is 16.2 Å². The van der Waals surface area contributed by atoms with E-state index in [1.54, 1.807) is 26.0 Å². The fraction of sp³-hybridized carbons (Fsp3) is 0.417. The third-order valence-corrected chi connectivity index (χ3v) is 4.46. The fourth-order valence-electron chi connectivity index (χ4n) is 2.00. The van der Waals surface area contributed by atoms with Crippen molar-refractivity contribution in [2.24, 2.45) is 17.7 Å². The van der Waals surface area contributed by atoms with Crippen LogP contribution in [0.5, 0.6) is 0 Å². The highest BCUT2D eigenvalue weighted by atomic mass is 32.1. The van der Waals surface area contributed by atoms with Crippen LogP contribution in [0.2, 0.25) is 0 Å². The molecule has 2 rings (SSSR count). The molecule has 7 heteroatoms. The van der Waals surface area contributed by atoms with E-state index in [0.717, 1.165) is 4.88 Å². The quantitative estimate of drug-likeness (QED) is 0.365. The molecule has 102 valence electrons. The van der Waals surface area contributed by atoms with Crippen molar-refractivity contribution in [1.29, 1.82) is 0 Å². The number of amides is 3. The fourth-order valence-corrected chi connectivity index (χ4v) is 2.90. The van der Waals surface area contributed by atoms with Gasteiger partial charge >= 0.3 is 0 Å². The molecule has 1 aromatic rings. The molecule has 1 aliphatic rings. The first-order chi connectivity index (χ1) is 8.95. The predicted molar refractivity (Wildman–Crippen MR) is 69.9 cm³/mol. The van der Waals surface area contributed by atoms with Gasteiger partial charge in [0.1, 0.15) is 0 Å². The molecule has 2 heterocycles. The molecule has 1 saturated heterocycles. The minimum Gasteiger partial charge on any atom is -0.289 e. The molecule has 0 saturated carbocycles. The number of thiophene rings is 1. The Hall–Kier alpha value is -1.73. The van der Waals surface area contributed by atoms with Gasteiger partial charge < -0.3 is 0 Å². The number of nitrogens with two attached hydrogens (primary N) is 1. The van der Waals surface area contributed by atoms with Gasteiger partial charge in [0, 0.05) is 16.7 Å².